The number of nitrogens with zero attached hydrogens (tertiary/aromatic N) is 1. The molecule has 0 aliphatic heterocycles. The van der Waals surface area contributed by atoms with Crippen molar-refractivity contribution in [1.82, 2.24) is 4.98 Å². The van der Waals surface area contributed by atoms with Crippen LogP contribution in [0.2, 0.25) is 0 Å². The summed E-state index contributed by atoms with van der Waals surface area (Å²) in [6.07, 6.45) is 0.849. The van der Waals surface area contributed by atoms with E-state index in [0.717, 1.165) is 21.6 Å². The summed E-state index contributed by atoms with van der Waals surface area (Å²) in [5, 5.41) is 0.806. The van der Waals surface area contributed by atoms with Gasteiger partial charge in [-0.1, -0.05) is 54.6 Å². The second-order valence-electron chi connectivity index (χ2n) is 6.01. The fraction of sp³-hybridized carbons (Fsp3) is 0.0909. The zero-order valence-corrected chi connectivity index (χ0v) is 14.9. The molecule has 0 amide bonds. The molecule has 0 radical (unpaired) electrons. The third kappa shape index (κ3) is 3.81. The lowest BCUT2D eigenvalue weighted by molar-refractivity contribution is 0.0472. The van der Waals surface area contributed by atoms with Crippen molar-refractivity contribution in [2.24, 2.45) is 0 Å². The van der Waals surface area contributed by atoms with E-state index in [1.165, 1.54) is 11.1 Å². The van der Waals surface area contributed by atoms with E-state index in [1.807, 2.05) is 66.7 Å². The van der Waals surface area contributed by atoms with Crippen molar-refractivity contribution < 1.29 is 9.53 Å². The lowest BCUT2D eigenvalue weighted by Crippen LogP contribution is -2.05. The van der Waals surface area contributed by atoms with E-state index in [2.05, 4.69) is 17.1 Å². The molecule has 0 saturated heterocycles. The van der Waals surface area contributed by atoms with Crippen LogP contribution in [-0.2, 0) is 17.8 Å². The summed E-state index contributed by atoms with van der Waals surface area (Å²) in [7, 11) is 0. The number of hydrogen-bond acceptors (Lipinski definition) is 4. The number of rotatable bonds is 5. The Morgan fingerprint density at radius 3 is 2.31 bits per heavy atom. The second kappa shape index (κ2) is 7.50. The van der Waals surface area contributed by atoms with Gasteiger partial charge >= 0.3 is 5.97 Å². The molecule has 0 N–H and O–H groups in total. The number of benzene rings is 3. The summed E-state index contributed by atoms with van der Waals surface area (Å²) in [6.45, 7) is 0.198. The molecule has 1 aromatic heterocycles. The number of esters is 1. The van der Waals surface area contributed by atoms with Gasteiger partial charge in [-0.25, -0.2) is 9.78 Å². The molecule has 3 aromatic carbocycles. The molecule has 1 heterocycles. The van der Waals surface area contributed by atoms with Gasteiger partial charge < -0.3 is 4.74 Å². The highest BCUT2D eigenvalue weighted by atomic mass is 32.1. The Morgan fingerprint density at radius 2 is 1.54 bits per heavy atom. The van der Waals surface area contributed by atoms with Gasteiger partial charge in [-0.05, 0) is 41.8 Å². The van der Waals surface area contributed by atoms with E-state index in [-0.39, 0.29) is 12.6 Å². The van der Waals surface area contributed by atoms with Crippen LogP contribution in [0.4, 0.5) is 0 Å². The number of para-hydroxylation sites is 1. The molecule has 0 saturated carbocycles. The molecule has 0 aliphatic carbocycles. The lowest BCUT2D eigenvalue weighted by atomic mass is 10.0. The number of hydrogen-bond donors (Lipinski definition) is 0. The van der Waals surface area contributed by atoms with Gasteiger partial charge in [0.05, 0.1) is 15.8 Å². The van der Waals surface area contributed by atoms with Crippen molar-refractivity contribution in [3.8, 4) is 0 Å². The van der Waals surface area contributed by atoms with Crippen molar-refractivity contribution in [2.45, 2.75) is 13.0 Å². The normalized spacial score (nSPS) is 10.8. The third-order valence-electron chi connectivity index (χ3n) is 4.11. The zero-order chi connectivity index (χ0) is 17.8. The summed E-state index contributed by atoms with van der Waals surface area (Å²) < 4.78 is 6.51. The maximum Gasteiger partial charge on any atom is 0.338 e. The first-order valence-corrected chi connectivity index (χ1v) is 9.24. The number of thiazole rings is 1. The number of fused-ring (bicyclic) bond motifs is 1. The molecule has 0 spiro atoms. The van der Waals surface area contributed by atoms with E-state index in [4.69, 9.17) is 4.74 Å². The summed E-state index contributed by atoms with van der Waals surface area (Å²) in [5.74, 6) is -0.324. The van der Waals surface area contributed by atoms with E-state index in [9.17, 15) is 4.79 Å². The summed E-state index contributed by atoms with van der Waals surface area (Å²) in [5.41, 5.74) is 3.91. The Labute approximate surface area is 155 Å². The van der Waals surface area contributed by atoms with Crippen LogP contribution in [0.5, 0.6) is 0 Å². The van der Waals surface area contributed by atoms with Crippen LogP contribution in [0, 0.1) is 0 Å². The van der Waals surface area contributed by atoms with E-state index >= 15 is 0 Å². The molecule has 4 aromatic rings. The van der Waals surface area contributed by atoms with Crippen LogP contribution in [0.25, 0.3) is 10.2 Å². The number of carbonyl (C=O) groups is 1. The highest BCUT2D eigenvalue weighted by Gasteiger charge is 2.10. The van der Waals surface area contributed by atoms with Gasteiger partial charge in [0, 0.05) is 0 Å². The second-order valence-corrected chi connectivity index (χ2v) is 7.13. The summed E-state index contributed by atoms with van der Waals surface area (Å²) >= 11 is 1.55. The first kappa shape index (κ1) is 16.5. The van der Waals surface area contributed by atoms with Crippen molar-refractivity contribution in [2.75, 3.05) is 0 Å². The first-order valence-electron chi connectivity index (χ1n) is 8.42. The predicted octanol–water partition coefficient (Wildman–Crippen LogP) is 5.24. The number of carbonyl (C=O) groups excluding carboxylic acids is 1. The molecule has 128 valence electrons. The summed E-state index contributed by atoms with van der Waals surface area (Å²) in [4.78, 5) is 16.7. The zero-order valence-electron chi connectivity index (χ0n) is 14.1. The van der Waals surface area contributed by atoms with Gasteiger partial charge in [0.2, 0.25) is 0 Å². The molecular weight excluding hydrogens is 342 g/mol. The van der Waals surface area contributed by atoms with E-state index < -0.39 is 0 Å². The largest absolute Gasteiger partial charge is 0.455 e. The Bertz CT molecular complexity index is 990. The van der Waals surface area contributed by atoms with Crippen LogP contribution in [0.3, 0.4) is 0 Å². The fourth-order valence-corrected chi connectivity index (χ4v) is 3.66. The van der Waals surface area contributed by atoms with Gasteiger partial charge in [-0.2, -0.15) is 0 Å². The molecule has 0 atom stereocenters. The molecule has 3 nitrogen and oxygen atoms in total. The average Bonchev–Trinajstić information content (AvgIpc) is 3.10. The van der Waals surface area contributed by atoms with Crippen LogP contribution in [-0.4, -0.2) is 11.0 Å². The number of aromatic nitrogens is 1. The van der Waals surface area contributed by atoms with Crippen molar-refractivity contribution in [1.29, 1.82) is 0 Å². The maximum atomic E-state index is 12.3. The van der Waals surface area contributed by atoms with E-state index in [1.54, 1.807) is 11.3 Å². The van der Waals surface area contributed by atoms with E-state index in [0.29, 0.717) is 5.56 Å². The topological polar surface area (TPSA) is 39.2 Å². The van der Waals surface area contributed by atoms with Gasteiger partial charge in [-0.3, -0.25) is 0 Å². The Balaban J connectivity index is 1.38. The van der Waals surface area contributed by atoms with Gasteiger partial charge in [0.25, 0.3) is 0 Å². The smallest absolute Gasteiger partial charge is 0.338 e. The molecule has 4 heteroatoms. The SMILES string of the molecule is O=C(OCc1nc2ccccc2s1)c1ccc(Cc2ccccc2)cc1. The molecule has 26 heavy (non-hydrogen) atoms. The van der Waals surface area contributed by atoms with Crippen LogP contribution in [0.1, 0.15) is 26.5 Å². The molecule has 0 aliphatic rings. The van der Waals surface area contributed by atoms with Crippen LogP contribution < -0.4 is 0 Å². The minimum Gasteiger partial charge on any atom is -0.455 e. The monoisotopic (exact) mass is 359 g/mol. The molecule has 0 fully saturated rings. The first-order chi connectivity index (χ1) is 12.8. The van der Waals surface area contributed by atoms with Crippen molar-refractivity contribution >= 4 is 27.5 Å². The minimum absolute atomic E-state index is 0.198. The standard InChI is InChI=1S/C22H17NO2S/c24-22(25-15-21-23-19-8-4-5-9-20(19)26-21)18-12-10-17(11-13-18)14-16-6-2-1-3-7-16/h1-13H,14-15H2. The lowest BCUT2D eigenvalue weighted by Gasteiger charge is -2.05. The molecule has 4 rings (SSSR count). The highest BCUT2D eigenvalue weighted by Crippen LogP contribution is 2.22. The molecular formula is C22H17NO2S. The predicted molar refractivity (Wildman–Crippen MR) is 104 cm³/mol. The van der Waals surface area contributed by atoms with Crippen molar-refractivity contribution in [3.63, 3.8) is 0 Å². The third-order valence-corrected chi connectivity index (χ3v) is 5.12. The Kier molecular flexibility index (Phi) is 4.75. The minimum atomic E-state index is -0.324. The number of ether oxygens (including phenoxy) is 1. The molecule has 0 bridgehead atoms. The quantitative estimate of drug-likeness (QED) is 0.457. The highest BCUT2D eigenvalue weighted by molar-refractivity contribution is 7.18. The summed E-state index contributed by atoms with van der Waals surface area (Å²) in [6, 6.07) is 25.8. The Morgan fingerprint density at radius 1 is 0.846 bits per heavy atom. The fourth-order valence-electron chi connectivity index (χ4n) is 2.78. The van der Waals surface area contributed by atoms with Crippen LogP contribution >= 0.6 is 11.3 Å². The molecule has 0 unspecified atom stereocenters. The van der Waals surface area contributed by atoms with Crippen LogP contribution in [0.15, 0.2) is 78.9 Å². The average molecular weight is 359 g/mol. The maximum absolute atomic E-state index is 12.3. The Hall–Kier alpha value is -2.98. The van der Waals surface area contributed by atoms with Gasteiger partial charge in [0.1, 0.15) is 11.6 Å². The van der Waals surface area contributed by atoms with Crippen molar-refractivity contribution in [3.05, 3.63) is 101 Å². The van der Waals surface area contributed by atoms with Gasteiger partial charge in [-0.15, -0.1) is 11.3 Å². The van der Waals surface area contributed by atoms with Gasteiger partial charge in [0.15, 0.2) is 0 Å².